The third-order valence-corrected chi connectivity index (χ3v) is 3.59. The molecule has 86 valence electrons. The largest absolute Gasteiger partial charge is 0.392 e. The van der Waals surface area contributed by atoms with E-state index in [2.05, 4.69) is 4.98 Å². The van der Waals surface area contributed by atoms with E-state index >= 15 is 0 Å². The Bertz CT molecular complexity index is 424. The lowest BCUT2D eigenvalue weighted by atomic mass is 10.4. The minimum Gasteiger partial charge on any atom is -0.392 e. The molecule has 0 aromatic carbocycles. The van der Waals surface area contributed by atoms with Gasteiger partial charge in [-0.3, -0.25) is 0 Å². The van der Waals surface area contributed by atoms with Crippen molar-refractivity contribution in [3.05, 3.63) is 12.5 Å². The Hall–Kier alpha value is -0.920. The second-order valence-electron chi connectivity index (χ2n) is 3.51. The first kappa shape index (κ1) is 12.2. The number of aliphatic hydroxyl groups is 1. The molecule has 0 aliphatic rings. The molecule has 1 rings (SSSR count). The number of hydrogen-bond acceptors (Lipinski definition) is 4. The average molecular weight is 233 g/mol. The summed E-state index contributed by atoms with van der Waals surface area (Å²) < 4.78 is 26.3. The van der Waals surface area contributed by atoms with E-state index < -0.39 is 16.1 Å². The van der Waals surface area contributed by atoms with Crippen LogP contribution < -0.4 is 0 Å². The van der Waals surface area contributed by atoms with Crippen molar-refractivity contribution in [2.45, 2.75) is 18.1 Å². The summed E-state index contributed by atoms with van der Waals surface area (Å²) in [6.07, 6.45) is 2.14. The van der Waals surface area contributed by atoms with Gasteiger partial charge in [0.05, 0.1) is 12.4 Å². The van der Waals surface area contributed by atoms with E-state index in [0.717, 1.165) is 4.31 Å². The molecule has 0 amide bonds. The normalized spacial score (nSPS) is 14.5. The van der Waals surface area contributed by atoms with Gasteiger partial charge in [0.25, 0.3) is 10.0 Å². The van der Waals surface area contributed by atoms with E-state index in [1.807, 2.05) is 0 Å². The third kappa shape index (κ3) is 2.77. The lowest BCUT2D eigenvalue weighted by molar-refractivity contribution is 0.171. The number of sulfonamides is 1. The second kappa shape index (κ2) is 4.30. The van der Waals surface area contributed by atoms with E-state index in [1.165, 1.54) is 26.5 Å². The van der Waals surface area contributed by atoms with E-state index in [0.29, 0.717) is 0 Å². The number of hydrogen-bond donors (Lipinski definition) is 1. The zero-order valence-corrected chi connectivity index (χ0v) is 9.77. The Labute approximate surface area is 89.2 Å². The van der Waals surface area contributed by atoms with Gasteiger partial charge in [-0.2, -0.15) is 4.31 Å². The van der Waals surface area contributed by atoms with Gasteiger partial charge in [0.2, 0.25) is 0 Å². The molecule has 0 saturated heterocycles. The van der Waals surface area contributed by atoms with Crippen LogP contribution in [-0.2, 0) is 17.1 Å². The maximum atomic E-state index is 11.8. The topological polar surface area (TPSA) is 75.4 Å². The Balaban J connectivity index is 2.93. The number of likely N-dealkylation sites (N-methyl/N-ethyl adjacent to an activating group) is 1. The van der Waals surface area contributed by atoms with Crippen molar-refractivity contribution in [2.24, 2.45) is 7.05 Å². The van der Waals surface area contributed by atoms with Crippen LogP contribution in [0.1, 0.15) is 6.92 Å². The number of nitrogens with zero attached hydrogens (tertiary/aromatic N) is 3. The molecule has 0 aliphatic heterocycles. The summed E-state index contributed by atoms with van der Waals surface area (Å²) in [6.45, 7) is 1.59. The molecule has 6 nitrogen and oxygen atoms in total. The van der Waals surface area contributed by atoms with Crippen LogP contribution in [0.5, 0.6) is 0 Å². The minimum absolute atomic E-state index is 0.00634. The maximum absolute atomic E-state index is 11.8. The van der Waals surface area contributed by atoms with Crippen LogP contribution in [0.25, 0.3) is 0 Å². The zero-order valence-electron chi connectivity index (χ0n) is 8.95. The Kier molecular flexibility index (Phi) is 3.48. The molecular weight excluding hydrogens is 218 g/mol. The molecule has 1 aromatic heterocycles. The maximum Gasteiger partial charge on any atom is 0.261 e. The molecule has 0 bridgehead atoms. The van der Waals surface area contributed by atoms with Crippen molar-refractivity contribution in [2.75, 3.05) is 13.6 Å². The fraction of sp³-hybridized carbons (Fsp3) is 0.625. The highest BCUT2D eigenvalue weighted by molar-refractivity contribution is 7.89. The first-order valence-electron chi connectivity index (χ1n) is 4.46. The van der Waals surface area contributed by atoms with Gasteiger partial charge in [-0.15, -0.1) is 0 Å². The molecule has 1 atom stereocenters. The predicted molar refractivity (Wildman–Crippen MR) is 54.7 cm³/mol. The number of aliphatic hydroxyl groups excluding tert-OH is 1. The van der Waals surface area contributed by atoms with Gasteiger partial charge in [0.15, 0.2) is 5.03 Å². The van der Waals surface area contributed by atoms with Crippen LogP contribution in [0.3, 0.4) is 0 Å². The molecule has 1 heterocycles. The summed E-state index contributed by atoms with van der Waals surface area (Å²) in [5, 5.41) is 9.10. The first-order valence-corrected chi connectivity index (χ1v) is 5.90. The summed E-state index contributed by atoms with van der Waals surface area (Å²) >= 11 is 0. The lowest BCUT2D eigenvalue weighted by Gasteiger charge is -2.16. The molecule has 15 heavy (non-hydrogen) atoms. The quantitative estimate of drug-likeness (QED) is 0.755. The van der Waals surface area contributed by atoms with Crippen LogP contribution in [0.4, 0.5) is 0 Å². The van der Waals surface area contributed by atoms with E-state index in [9.17, 15) is 8.42 Å². The Morgan fingerprint density at radius 2 is 2.27 bits per heavy atom. The molecule has 1 N–H and O–H groups in total. The van der Waals surface area contributed by atoms with E-state index in [1.54, 1.807) is 11.6 Å². The SMILES string of the molecule is CC(O)CN(C)S(=O)(=O)c1cn(C)cn1. The molecule has 1 unspecified atom stereocenters. The Morgan fingerprint density at radius 1 is 1.67 bits per heavy atom. The standard InChI is InChI=1S/C8H15N3O3S/c1-7(12)4-11(3)15(13,14)8-5-10(2)6-9-8/h5-7,12H,4H2,1-3H3. The summed E-state index contributed by atoms with van der Waals surface area (Å²) in [7, 11) is -0.463. The van der Waals surface area contributed by atoms with E-state index in [4.69, 9.17) is 5.11 Å². The van der Waals surface area contributed by atoms with Crippen LogP contribution in [-0.4, -0.2) is 47.1 Å². The summed E-state index contributed by atoms with van der Waals surface area (Å²) in [5.74, 6) is 0. The van der Waals surface area contributed by atoms with Crippen LogP contribution in [0.2, 0.25) is 0 Å². The molecule has 0 spiro atoms. The average Bonchev–Trinajstić information content (AvgIpc) is 2.50. The molecular formula is C8H15N3O3S. The fourth-order valence-corrected chi connectivity index (χ4v) is 2.36. The predicted octanol–water partition coefficient (Wildman–Crippen LogP) is -0.579. The molecule has 1 aromatic rings. The number of aryl methyl sites for hydroxylation is 1. The molecule has 0 saturated carbocycles. The number of rotatable bonds is 4. The number of imidazole rings is 1. The number of aromatic nitrogens is 2. The molecule has 0 aliphatic carbocycles. The van der Waals surface area contributed by atoms with Crippen molar-refractivity contribution in [1.29, 1.82) is 0 Å². The highest BCUT2D eigenvalue weighted by Gasteiger charge is 2.23. The van der Waals surface area contributed by atoms with Crippen LogP contribution in [0.15, 0.2) is 17.6 Å². The molecule has 7 heteroatoms. The monoisotopic (exact) mass is 233 g/mol. The Morgan fingerprint density at radius 3 is 2.67 bits per heavy atom. The highest BCUT2D eigenvalue weighted by atomic mass is 32.2. The van der Waals surface area contributed by atoms with Gasteiger partial charge in [0.1, 0.15) is 0 Å². The van der Waals surface area contributed by atoms with Gasteiger partial charge in [-0.05, 0) is 6.92 Å². The van der Waals surface area contributed by atoms with Gasteiger partial charge in [-0.25, -0.2) is 13.4 Å². The third-order valence-electron chi connectivity index (χ3n) is 1.88. The highest BCUT2D eigenvalue weighted by Crippen LogP contribution is 2.11. The van der Waals surface area contributed by atoms with Crippen molar-refractivity contribution in [3.63, 3.8) is 0 Å². The summed E-state index contributed by atoms with van der Waals surface area (Å²) in [5.41, 5.74) is 0. The van der Waals surface area contributed by atoms with Gasteiger partial charge >= 0.3 is 0 Å². The summed E-state index contributed by atoms with van der Waals surface area (Å²) in [4.78, 5) is 3.77. The van der Waals surface area contributed by atoms with E-state index in [-0.39, 0.29) is 11.6 Å². The van der Waals surface area contributed by atoms with Crippen LogP contribution >= 0.6 is 0 Å². The first-order chi connectivity index (χ1) is 6.84. The van der Waals surface area contributed by atoms with Crippen molar-refractivity contribution in [1.82, 2.24) is 13.9 Å². The van der Waals surface area contributed by atoms with Crippen molar-refractivity contribution in [3.8, 4) is 0 Å². The zero-order chi connectivity index (χ0) is 11.6. The molecule has 0 fully saturated rings. The second-order valence-corrected chi connectivity index (χ2v) is 5.50. The molecule has 0 radical (unpaired) electrons. The van der Waals surface area contributed by atoms with Crippen molar-refractivity contribution < 1.29 is 13.5 Å². The van der Waals surface area contributed by atoms with Crippen LogP contribution in [0, 0.1) is 0 Å². The van der Waals surface area contributed by atoms with Gasteiger partial charge < -0.3 is 9.67 Å². The smallest absolute Gasteiger partial charge is 0.261 e. The fourth-order valence-electron chi connectivity index (χ4n) is 1.15. The van der Waals surface area contributed by atoms with Gasteiger partial charge in [-0.1, -0.05) is 0 Å². The minimum atomic E-state index is -3.57. The van der Waals surface area contributed by atoms with Crippen molar-refractivity contribution >= 4 is 10.0 Å². The lowest BCUT2D eigenvalue weighted by Crippen LogP contribution is -2.33. The van der Waals surface area contributed by atoms with Gasteiger partial charge in [0, 0.05) is 26.8 Å². The summed E-state index contributed by atoms with van der Waals surface area (Å²) in [6, 6.07) is 0.